The van der Waals surface area contributed by atoms with Crippen molar-refractivity contribution in [1.82, 2.24) is 0 Å². The standard InChI is InChI=1S/C11H14N2O2/c1-15-10-5-4-8(3-2-6-14)7-9(10)11(12)13/h4-7H,2-3H2,1H3,(H3,12,13). The Morgan fingerprint density at radius 3 is 2.87 bits per heavy atom. The molecule has 0 heterocycles. The number of carbonyl (C=O) groups is 1. The highest BCUT2D eigenvalue weighted by Crippen LogP contribution is 2.19. The largest absolute Gasteiger partial charge is 0.496 e. The molecule has 0 aromatic heterocycles. The van der Waals surface area contributed by atoms with Gasteiger partial charge in [0.1, 0.15) is 17.9 Å². The van der Waals surface area contributed by atoms with Crippen LogP contribution in [0.3, 0.4) is 0 Å². The lowest BCUT2D eigenvalue weighted by atomic mass is 10.1. The lowest BCUT2D eigenvalue weighted by Crippen LogP contribution is -2.13. The highest BCUT2D eigenvalue weighted by molar-refractivity contribution is 5.97. The number of carbonyl (C=O) groups excluding carboxylic acids is 1. The van der Waals surface area contributed by atoms with Gasteiger partial charge in [-0.25, -0.2) is 0 Å². The molecule has 0 fully saturated rings. The Hall–Kier alpha value is -1.84. The van der Waals surface area contributed by atoms with Crippen LogP contribution in [0.25, 0.3) is 0 Å². The molecular formula is C11H14N2O2. The monoisotopic (exact) mass is 206 g/mol. The third-order valence-corrected chi connectivity index (χ3v) is 2.10. The van der Waals surface area contributed by atoms with Gasteiger partial charge in [-0.3, -0.25) is 5.41 Å². The second kappa shape index (κ2) is 5.14. The molecule has 3 N–H and O–H groups in total. The number of aldehydes is 1. The van der Waals surface area contributed by atoms with E-state index < -0.39 is 0 Å². The molecule has 0 radical (unpaired) electrons. The van der Waals surface area contributed by atoms with Crippen LogP contribution in [0.1, 0.15) is 17.5 Å². The lowest BCUT2D eigenvalue weighted by molar-refractivity contribution is -0.107. The molecule has 4 heteroatoms. The predicted molar refractivity (Wildman–Crippen MR) is 58.4 cm³/mol. The first-order valence-electron chi connectivity index (χ1n) is 4.64. The van der Waals surface area contributed by atoms with Crippen LogP contribution in [0, 0.1) is 5.41 Å². The van der Waals surface area contributed by atoms with E-state index in [0.29, 0.717) is 24.2 Å². The molecule has 0 atom stereocenters. The molecule has 4 nitrogen and oxygen atoms in total. The van der Waals surface area contributed by atoms with Gasteiger partial charge >= 0.3 is 0 Å². The predicted octanol–water partition coefficient (Wildman–Crippen LogP) is 1.11. The van der Waals surface area contributed by atoms with E-state index in [1.807, 2.05) is 6.07 Å². The van der Waals surface area contributed by atoms with Crippen LogP contribution >= 0.6 is 0 Å². The highest BCUT2D eigenvalue weighted by Gasteiger charge is 2.06. The summed E-state index contributed by atoms with van der Waals surface area (Å²) < 4.78 is 5.08. The minimum atomic E-state index is -0.0280. The molecule has 0 bridgehead atoms. The van der Waals surface area contributed by atoms with Crippen LogP contribution in [0.5, 0.6) is 5.75 Å². The second-order valence-electron chi connectivity index (χ2n) is 3.15. The number of rotatable bonds is 5. The second-order valence-corrected chi connectivity index (χ2v) is 3.15. The van der Waals surface area contributed by atoms with Crippen molar-refractivity contribution in [3.05, 3.63) is 29.3 Å². The normalized spacial score (nSPS) is 9.67. The number of hydrogen-bond donors (Lipinski definition) is 2. The summed E-state index contributed by atoms with van der Waals surface area (Å²) in [5, 5.41) is 7.38. The topological polar surface area (TPSA) is 76.2 Å². The average Bonchev–Trinajstić information content (AvgIpc) is 2.25. The first-order valence-corrected chi connectivity index (χ1v) is 4.64. The van der Waals surface area contributed by atoms with E-state index in [0.717, 1.165) is 11.8 Å². The number of methoxy groups -OCH3 is 1. The first kappa shape index (κ1) is 11.2. The number of ether oxygens (including phenoxy) is 1. The minimum Gasteiger partial charge on any atom is -0.496 e. The van der Waals surface area contributed by atoms with Crippen LogP contribution in [-0.2, 0) is 11.2 Å². The summed E-state index contributed by atoms with van der Waals surface area (Å²) in [4.78, 5) is 10.2. The summed E-state index contributed by atoms with van der Waals surface area (Å²) in [5.41, 5.74) is 6.97. The Balaban J connectivity index is 2.99. The van der Waals surface area contributed by atoms with Gasteiger partial charge in [0.2, 0.25) is 0 Å². The van der Waals surface area contributed by atoms with Gasteiger partial charge in [0, 0.05) is 6.42 Å². The molecule has 0 aliphatic carbocycles. The zero-order valence-electron chi connectivity index (χ0n) is 8.62. The maximum atomic E-state index is 10.2. The van der Waals surface area contributed by atoms with Crippen molar-refractivity contribution in [1.29, 1.82) is 5.41 Å². The van der Waals surface area contributed by atoms with Crippen molar-refractivity contribution in [3.63, 3.8) is 0 Å². The summed E-state index contributed by atoms with van der Waals surface area (Å²) in [6.07, 6.45) is 2.01. The summed E-state index contributed by atoms with van der Waals surface area (Å²) in [6.45, 7) is 0. The molecule has 1 aromatic rings. The zero-order valence-corrected chi connectivity index (χ0v) is 8.62. The summed E-state index contributed by atoms with van der Waals surface area (Å²) >= 11 is 0. The van der Waals surface area contributed by atoms with Crippen LogP contribution in [0.2, 0.25) is 0 Å². The van der Waals surface area contributed by atoms with E-state index in [1.54, 1.807) is 12.1 Å². The SMILES string of the molecule is COc1ccc(CCC=O)cc1C(=N)N. The maximum Gasteiger partial charge on any atom is 0.129 e. The van der Waals surface area contributed by atoms with Crippen molar-refractivity contribution in [2.75, 3.05) is 7.11 Å². The fourth-order valence-corrected chi connectivity index (χ4v) is 1.35. The van der Waals surface area contributed by atoms with Gasteiger partial charge in [0.25, 0.3) is 0 Å². The van der Waals surface area contributed by atoms with E-state index in [-0.39, 0.29) is 5.84 Å². The van der Waals surface area contributed by atoms with Gasteiger partial charge in [0.15, 0.2) is 0 Å². The molecule has 0 spiro atoms. The number of hydrogen-bond acceptors (Lipinski definition) is 3. The van der Waals surface area contributed by atoms with Crippen molar-refractivity contribution >= 4 is 12.1 Å². The maximum absolute atomic E-state index is 10.2. The number of benzene rings is 1. The van der Waals surface area contributed by atoms with E-state index in [9.17, 15) is 4.79 Å². The van der Waals surface area contributed by atoms with Crippen molar-refractivity contribution in [2.45, 2.75) is 12.8 Å². The van der Waals surface area contributed by atoms with Gasteiger partial charge in [-0.1, -0.05) is 6.07 Å². The fraction of sp³-hybridized carbons (Fsp3) is 0.273. The lowest BCUT2D eigenvalue weighted by Gasteiger charge is -2.08. The molecule has 0 aliphatic rings. The smallest absolute Gasteiger partial charge is 0.129 e. The third kappa shape index (κ3) is 2.80. The van der Waals surface area contributed by atoms with E-state index >= 15 is 0 Å². The van der Waals surface area contributed by atoms with Crippen LogP contribution < -0.4 is 10.5 Å². The summed E-state index contributed by atoms with van der Waals surface area (Å²) in [6, 6.07) is 5.41. The Bertz CT molecular complexity index is 375. The third-order valence-electron chi connectivity index (χ3n) is 2.10. The summed E-state index contributed by atoms with van der Waals surface area (Å²) in [5.74, 6) is 0.553. The van der Waals surface area contributed by atoms with Gasteiger partial charge in [0.05, 0.1) is 12.7 Å². The zero-order chi connectivity index (χ0) is 11.3. The molecular weight excluding hydrogens is 192 g/mol. The van der Waals surface area contributed by atoms with Gasteiger partial charge in [-0.15, -0.1) is 0 Å². The molecule has 0 aliphatic heterocycles. The van der Waals surface area contributed by atoms with Crippen molar-refractivity contribution < 1.29 is 9.53 Å². The number of aryl methyl sites for hydroxylation is 1. The van der Waals surface area contributed by atoms with Crippen LogP contribution in [0.4, 0.5) is 0 Å². The molecule has 0 unspecified atom stereocenters. The average molecular weight is 206 g/mol. The quantitative estimate of drug-likeness (QED) is 0.430. The highest BCUT2D eigenvalue weighted by atomic mass is 16.5. The molecule has 0 amide bonds. The van der Waals surface area contributed by atoms with Gasteiger partial charge in [-0.2, -0.15) is 0 Å². The minimum absolute atomic E-state index is 0.0280. The Morgan fingerprint density at radius 2 is 2.33 bits per heavy atom. The van der Waals surface area contributed by atoms with E-state index in [1.165, 1.54) is 7.11 Å². The molecule has 80 valence electrons. The van der Waals surface area contributed by atoms with Gasteiger partial charge in [-0.05, 0) is 24.1 Å². The molecule has 15 heavy (non-hydrogen) atoms. The van der Waals surface area contributed by atoms with Crippen LogP contribution in [0.15, 0.2) is 18.2 Å². The Morgan fingerprint density at radius 1 is 1.60 bits per heavy atom. The Kier molecular flexibility index (Phi) is 3.85. The van der Waals surface area contributed by atoms with Crippen LogP contribution in [-0.4, -0.2) is 19.2 Å². The van der Waals surface area contributed by atoms with Gasteiger partial charge < -0.3 is 15.3 Å². The van der Waals surface area contributed by atoms with E-state index in [4.69, 9.17) is 15.9 Å². The van der Waals surface area contributed by atoms with E-state index in [2.05, 4.69) is 0 Å². The molecule has 0 saturated heterocycles. The summed E-state index contributed by atoms with van der Waals surface area (Å²) in [7, 11) is 1.53. The number of nitrogens with two attached hydrogens (primary N) is 1. The Labute approximate surface area is 88.6 Å². The fourth-order valence-electron chi connectivity index (χ4n) is 1.35. The first-order chi connectivity index (χ1) is 7.19. The number of nitrogen functional groups attached to an aromatic ring is 1. The molecule has 1 aromatic carbocycles. The molecule has 1 rings (SSSR count). The number of amidine groups is 1. The van der Waals surface area contributed by atoms with Crippen molar-refractivity contribution in [2.24, 2.45) is 5.73 Å². The van der Waals surface area contributed by atoms with Crippen molar-refractivity contribution in [3.8, 4) is 5.75 Å². The molecule has 0 saturated carbocycles. The number of nitrogens with one attached hydrogen (secondary N) is 1.